The summed E-state index contributed by atoms with van der Waals surface area (Å²) in [5, 5.41) is 12.9. The fourth-order valence-electron chi connectivity index (χ4n) is 3.43. The summed E-state index contributed by atoms with van der Waals surface area (Å²) in [5.74, 6) is 1.36. The van der Waals surface area contributed by atoms with Crippen molar-refractivity contribution in [2.45, 2.75) is 44.6 Å². The summed E-state index contributed by atoms with van der Waals surface area (Å²) in [6, 6.07) is 15.7. The molecule has 0 atom stereocenters. The van der Waals surface area contributed by atoms with Crippen molar-refractivity contribution >= 4 is 51.4 Å². The van der Waals surface area contributed by atoms with Gasteiger partial charge in [0.2, 0.25) is 5.91 Å². The summed E-state index contributed by atoms with van der Waals surface area (Å²) in [5.41, 5.74) is 3.89. The monoisotopic (exact) mass is 497 g/mol. The second-order valence-corrected chi connectivity index (χ2v) is 9.56. The minimum atomic E-state index is -0.0651. The lowest BCUT2D eigenvalue weighted by Gasteiger charge is -2.18. The van der Waals surface area contributed by atoms with Crippen LogP contribution in [0.2, 0.25) is 5.02 Å². The normalized spacial score (nSPS) is 11.0. The number of carbonyl (C=O) groups excluding carboxylic acids is 1. The maximum atomic E-state index is 12.4. The largest absolute Gasteiger partial charge is 0.302 e. The number of benzene rings is 2. The molecule has 170 valence electrons. The molecule has 1 amide bonds. The number of aryl methyl sites for hydroxylation is 1. The molecular weight excluding hydrogens is 474 g/mol. The molecule has 0 fully saturated rings. The van der Waals surface area contributed by atoms with Gasteiger partial charge < -0.3 is 4.57 Å². The van der Waals surface area contributed by atoms with Gasteiger partial charge in [0.05, 0.1) is 11.4 Å². The average Bonchev–Trinajstić information content (AvgIpc) is 3.44. The van der Waals surface area contributed by atoms with Gasteiger partial charge in [0.25, 0.3) is 0 Å². The van der Waals surface area contributed by atoms with Crippen LogP contribution < -0.4 is 4.90 Å². The highest BCUT2D eigenvalue weighted by atomic mass is 35.5. The molecule has 0 bridgehead atoms. The van der Waals surface area contributed by atoms with Crippen molar-refractivity contribution in [1.29, 1.82) is 0 Å². The van der Waals surface area contributed by atoms with E-state index < -0.39 is 0 Å². The van der Waals surface area contributed by atoms with Crippen LogP contribution >= 0.6 is 34.7 Å². The van der Waals surface area contributed by atoms with Gasteiger partial charge in [0.1, 0.15) is 0 Å². The molecule has 4 rings (SSSR count). The molecular formula is C24H24ClN5OS2. The number of aromatic nitrogens is 4. The number of anilines is 2. The Morgan fingerprint density at radius 1 is 1.15 bits per heavy atom. The molecule has 0 N–H and O–H groups in total. The van der Waals surface area contributed by atoms with Crippen LogP contribution in [0.25, 0.3) is 11.4 Å². The Labute approximate surface area is 206 Å². The lowest BCUT2D eigenvalue weighted by Crippen LogP contribution is -2.22. The van der Waals surface area contributed by atoms with Crippen molar-refractivity contribution < 1.29 is 4.79 Å². The first-order chi connectivity index (χ1) is 16.0. The van der Waals surface area contributed by atoms with E-state index >= 15 is 0 Å². The predicted molar refractivity (Wildman–Crippen MR) is 136 cm³/mol. The van der Waals surface area contributed by atoms with E-state index in [9.17, 15) is 4.79 Å². The van der Waals surface area contributed by atoms with E-state index in [1.165, 1.54) is 16.9 Å². The maximum Gasteiger partial charge on any atom is 0.230 e. The van der Waals surface area contributed by atoms with Gasteiger partial charge in [-0.15, -0.1) is 21.5 Å². The molecule has 0 saturated carbocycles. The van der Waals surface area contributed by atoms with Crippen LogP contribution in [0.1, 0.15) is 32.0 Å². The zero-order valence-electron chi connectivity index (χ0n) is 18.7. The third-order valence-corrected chi connectivity index (χ3v) is 7.22. The van der Waals surface area contributed by atoms with Crippen LogP contribution in [-0.2, 0) is 23.5 Å². The second-order valence-electron chi connectivity index (χ2n) is 7.35. The molecule has 6 nitrogen and oxygen atoms in total. The van der Waals surface area contributed by atoms with E-state index in [-0.39, 0.29) is 5.91 Å². The number of carbonyl (C=O) groups is 1. The standard InChI is InChI=1S/C24H24ClN5OS2/c1-4-17-9-11-21(12-10-17)30(16(3)31)23-26-20(14-32-23)15-33-24-28-27-22(29(24)5-2)18-7-6-8-19(25)13-18/h6-14H,4-5,15H2,1-3H3. The van der Waals surface area contributed by atoms with Crippen LogP contribution in [0.4, 0.5) is 10.8 Å². The molecule has 0 aliphatic carbocycles. The first-order valence-electron chi connectivity index (χ1n) is 10.7. The van der Waals surface area contributed by atoms with Gasteiger partial charge in [-0.2, -0.15) is 0 Å². The molecule has 9 heteroatoms. The van der Waals surface area contributed by atoms with E-state index in [4.69, 9.17) is 16.6 Å². The number of thiazole rings is 1. The molecule has 0 aliphatic rings. The Morgan fingerprint density at radius 2 is 1.94 bits per heavy atom. The highest BCUT2D eigenvalue weighted by Gasteiger charge is 2.19. The van der Waals surface area contributed by atoms with Crippen LogP contribution in [-0.4, -0.2) is 25.7 Å². The minimum Gasteiger partial charge on any atom is -0.302 e. The topological polar surface area (TPSA) is 63.9 Å². The Kier molecular flexibility index (Phi) is 7.47. The first-order valence-corrected chi connectivity index (χ1v) is 12.9. The van der Waals surface area contributed by atoms with Gasteiger partial charge in [0, 0.05) is 35.2 Å². The van der Waals surface area contributed by atoms with Crippen molar-refractivity contribution in [3.63, 3.8) is 0 Å². The molecule has 0 unspecified atom stereocenters. The average molecular weight is 498 g/mol. The van der Waals surface area contributed by atoms with Crippen molar-refractivity contribution in [2.24, 2.45) is 0 Å². The molecule has 33 heavy (non-hydrogen) atoms. The summed E-state index contributed by atoms with van der Waals surface area (Å²) >= 11 is 9.19. The van der Waals surface area contributed by atoms with Crippen molar-refractivity contribution in [3.05, 3.63) is 70.2 Å². The molecule has 0 spiro atoms. The van der Waals surface area contributed by atoms with Crippen LogP contribution in [0.3, 0.4) is 0 Å². The molecule has 0 aliphatic heterocycles. The zero-order chi connectivity index (χ0) is 23.4. The second kappa shape index (κ2) is 10.5. The van der Waals surface area contributed by atoms with Crippen molar-refractivity contribution in [1.82, 2.24) is 19.7 Å². The predicted octanol–water partition coefficient (Wildman–Crippen LogP) is 6.61. The highest BCUT2D eigenvalue weighted by Crippen LogP contribution is 2.32. The number of hydrogen-bond acceptors (Lipinski definition) is 6. The maximum absolute atomic E-state index is 12.4. The fraction of sp³-hybridized carbons (Fsp3) is 0.250. The number of thioether (sulfide) groups is 1. The quantitative estimate of drug-likeness (QED) is 0.256. The SMILES string of the molecule is CCc1ccc(N(C(C)=O)c2nc(CSc3nnc(-c4cccc(Cl)c4)n3CC)cs2)cc1. The molecule has 2 aromatic heterocycles. The van der Waals surface area contributed by atoms with Crippen LogP contribution in [0.5, 0.6) is 0 Å². The summed E-state index contributed by atoms with van der Waals surface area (Å²) in [7, 11) is 0. The molecule has 0 saturated heterocycles. The van der Waals surface area contributed by atoms with Gasteiger partial charge >= 0.3 is 0 Å². The van der Waals surface area contributed by atoms with E-state index in [2.05, 4.69) is 28.6 Å². The third-order valence-electron chi connectivity index (χ3n) is 5.11. The number of rotatable bonds is 8. The number of nitrogens with zero attached hydrogens (tertiary/aromatic N) is 5. The summed E-state index contributed by atoms with van der Waals surface area (Å²) in [6.07, 6.45) is 0.959. The molecule has 0 radical (unpaired) electrons. The summed E-state index contributed by atoms with van der Waals surface area (Å²) in [6.45, 7) is 6.48. The highest BCUT2D eigenvalue weighted by molar-refractivity contribution is 7.98. The number of amides is 1. The van der Waals surface area contributed by atoms with Crippen LogP contribution in [0, 0.1) is 0 Å². The van der Waals surface area contributed by atoms with E-state index in [0.29, 0.717) is 15.9 Å². The fourth-order valence-corrected chi connectivity index (χ4v) is 5.51. The summed E-state index contributed by atoms with van der Waals surface area (Å²) in [4.78, 5) is 18.8. The van der Waals surface area contributed by atoms with E-state index in [1.54, 1.807) is 23.6 Å². The molecule has 4 aromatic rings. The third kappa shape index (κ3) is 5.29. The summed E-state index contributed by atoms with van der Waals surface area (Å²) < 4.78 is 2.07. The Bertz CT molecular complexity index is 1250. The number of hydrogen-bond donors (Lipinski definition) is 0. The van der Waals surface area contributed by atoms with Gasteiger partial charge in [-0.3, -0.25) is 9.69 Å². The Morgan fingerprint density at radius 3 is 2.61 bits per heavy atom. The Balaban J connectivity index is 1.51. The molecule has 2 heterocycles. The van der Waals surface area contributed by atoms with Gasteiger partial charge in [-0.25, -0.2) is 4.98 Å². The zero-order valence-corrected chi connectivity index (χ0v) is 21.0. The lowest BCUT2D eigenvalue weighted by atomic mass is 10.1. The lowest BCUT2D eigenvalue weighted by molar-refractivity contribution is -0.115. The minimum absolute atomic E-state index is 0.0651. The smallest absolute Gasteiger partial charge is 0.230 e. The van der Waals surface area contributed by atoms with Gasteiger partial charge in [-0.05, 0) is 43.2 Å². The number of halogens is 1. The van der Waals surface area contributed by atoms with Crippen LogP contribution in [0.15, 0.2) is 59.1 Å². The Hall–Kier alpha value is -2.68. The van der Waals surface area contributed by atoms with Gasteiger partial charge in [0.15, 0.2) is 16.1 Å². The van der Waals surface area contributed by atoms with Crippen molar-refractivity contribution in [2.75, 3.05) is 4.90 Å². The molecule has 2 aromatic carbocycles. The van der Waals surface area contributed by atoms with Gasteiger partial charge in [-0.1, -0.05) is 54.6 Å². The van der Waals surface area contributed by atoms with Crippen molar-refractivity contribution in [3.8, 4) is 11.4 Å². The first kappa shape index (κ1) is 23.5. The van der Waals surface area contributed by atoms with E-state index in [1.807, 2.05) is 53.9 Å². The van der Waals surface area contributed by atoms with E-state index in [0.717, 1.165) is 40.9 Å².